The zero-order valence-electron chi connectivity index (χ0n) is 25.0. The Hall–Kier alpha value is -3.00. The molecule has 2 aromatic carbocycles. The van der Waals surface area contributed by atoms with Crippen molar-refractivity contribution in [2.75, 3.05) is 53.1 Å². The second kappa shape index (κ2) is 15.3. The molecule has 2 aromatic rings. The van der Waals surface area contributed by atoms with Crippen LogP contribution < -0.4 is 14.8 Å². The van der Waals surface area contributed by atoms with Gasteiger partial charge in [0, 0.05) is 38.2 Å². The number of aliphatic hydroxyl groups excluding tert-OH is 1. The number of benzene rings is 2. The predicted molar refractivity (Wildman–Crippen MR) is 162 cm³/mol. The molecule has 0 bridgehead atoms. The Morgan fingerprint density at radius 2 is 1.98 bits per heavy atom. The van der Waals surface area contributed by atoms with Gasteiger partial charge < -0.3 is 34.1 Å². The highest BCUT2D eigenvalue weighted by Gasteiger charge is 2.44. The standard InChI is InChI=1S/C32H42N2O9S/c1-39-25-10-11-30-28(20-25)40-16-7-3-6-13-33-14-15-34(44(30,37)38)21-27(35)24(18-23-8-4-2-5-9-23)19-31(36)43-29-22-42-32-26(29)12-17-41-32/h2-6,8-11,20,24,26-27,29,32-33,35H,7,12-19,21-22H2,1H3/t24-,26+,27-,29+,32-/m1/s1. The van der Waals surface area contributed by atoms with Gasteiger partial charge in [-0.2, -0.15) is 4.31 Å². The number of nitrogens with zero attached hydrogens (tertiary/aromatic N) is 1. The molecule has 0 amide bonds. The summed E-state index contributed by atoms with van der Waals surface area (Å²) in [5.74, 6) is -0.418. The van der Waals surface area contributed by atoms with E-state index in [2.05, 4.69) is 5.32 Å². The van der Waals surface area contributed by atoms with Gasteiger partial charge >= 0.3 is 5.97 Å². The lowest BCUT2D eigenvalue weighted by atomic mass is 9.90. The van der Waals surface area contributed by atoms with E-state index in [-0.39, 0.29) is 55.6 Å². The molecule has 11 nitrogen and oxygen atoms in total. The maximum atomic E-state index is 14.1. The molecule has 3 aliphatic rings. The minimum atomic E-state index is -4.12. The lowest BCUT2D eigenvalue weighted by Crippen LogP contribution is -2.44. The second-order valence-corrected chi connectivity index (χ2v) is 13.2. The Balaban J connectivity index is 1.37. The quantitative estimate of drug-likeness (QED) is 0.315. The third kappa shape index (κ3) is 8.17. The normalized spacial score (nSPS) is 25.3. The highest BCUT2D eigenvalue weighted by molar-refractivity contribution is 7.89. The molecule has 0 saturated carbocycles. The lowest BCUT2D eigenvalue weighted by molar-refractivity contribution is -0.153. The third-order valence-electron chi connectivity index (χ3n) is 8.25. The largest absolute Gasteiger partial charge is 0.497 e. The van der Waals surface area contributed by atoms with Crippen LogP contribution in [0.15, 0.2) is 65.6 Å². The summed E-state index contributed by atoms with van der Waals surface area (Å²) in [5, 5.41) is 14.9. The molecule has 240 valence electrons. The number of hydrogen-bond acceptors (Lipinski definition) is 10. The van der Waals surface area contributed by atoms with Gasteiger partial charge in [0.1, 0.15) is 22.5 Å². The summed E-state index contributed by atoms with van der Waals surface area (Å²) in [6.45, 7) is 1.93. The van der Waals surface area contributed by atoms with Crippen molar-refractivity contribution in [2.45, 2.75) is 49.1 Å². The van der Waals surface area contributed by atoms with E-state index in [1.54, 1.807) is 12.1 Å². The van der Waals surface area contributed by atoms with Crippen molar-refractivity contribution in [1.29, 1.82) is 0 Å². The first kappa shape index (κ1) is 32.4. The van der Waals surface area contributed by atoms with Gasteiger partial charge in [0.05, 0.1) is 45.4 Å². The van der Waals surface area contributed by atoms with Crippen molar-refractivity contribution in [1.82, 2.24) is 9.62 Å². The Bertz CT molecular complexity index is 1370. The number of β-amino-alcohol motifs (C(OH)–C–C–N with tert-alkyl or cyclic N) is 1. The average molecular weight is 631 g/mol. The molecule has 2 fully saturated rings. The fourth-order valence-corrected chi connectivity index (χ4v) is 7.39. The van der Waals surface area contributed by atoms with Crippen molar-refractivity contribution in [3.05, 3.63) is 66.2 Å². The number of fused-ring (bicyclic) bond motifs is 2. The highest BCUT2D eigenvalue weighted by Crippen LogP contribution is 2.34. The number of carbonyl (C=O) groups is 1. The zero-order chi connectivity index (χ0) is 30.9. The van der Waals surface area contributed by atoms with Gasteiger partial charge in [-0.3, -0.25) is 4.79 Å². The fourth-order valence-electron chi connectivity index (χ4n) is 5.81. The van der Waals surface area contributed by atoms with Gasteiger partial charge in [-0.25, -0.2) is 8.42 Å². The zero-order valence-corrected chi connectivity index (χ0v) is 25.8. The molecule has 3 aliphatic heterocycles. The molecule has 5 atom stereocenters. The number of rotatable bonds is 9. The van der Waals surface area contributed by atoms with E-state index in [1.807, 2.05) is 42.5 Å². The van der Waals surface area contributed by atoms with Crippen LogP contribution in [0.4, 0.5) is 0 Å². The van der Waals surface area contributed by atoms with Crippen LogP contribution in [-0.4, -0.2) is 95.4 Å². The third-order valence-corrected chi connectivity index (χ3v) is 10.2. The van der Waals surface area contributed by atoms with E-state index in [0.717, 1.165) is 12.0 Å². The van der Waals surface area contributed by atoms with Crippen LogP contribution >= 0.6 is 0 Å². The van der Waals surface area contributed by atoms with Crippen LogP contribution in [0, 0.1) is 11.8 Å². The smallest absolute Gasteiger partial charge is 0.306 e. The molecular formula is C32H42N2O9S. The van der Waals surface area contributed by atoms with E-state index in [9.17, 15) is 18.3 Å². The highest BCUT2D eigenvalue weighted by atomic mass is 32.2. The van der Waals surface area contributed by atoms with E-state index in [1.165, 1.54) is 17.5 Å². The Morgan fingerprint density at radius 1 is 1.14 bits per heavy atom. The molecule has 5 rings (SSSR count). The molecule has 0 aromatic heterocycles. The summed E-state index contributed by atoms with van der Waals surface area (Å²) in [6, 6.07) is 14.1. The Morgan fingerprint density at radius 3 is 2.80 bits per heavy atom. The van der Waals surface area contributed by atoms with Crippen molar-refractivity contribution < 1.29 is 42.0 Å². The van der Waals surface area contributed by atoms with Gasteiger partial charge in [-0.1, -0.05) is 42.5 Å². The Kier molecular flexibility index (Phi) is 11.3. The molecule has 0 aliphatic carbocycles. The summed E-state index contributed by atoms with van der Waals surface area (Å²) >= 11 is 0. The van der Waals surface area contributed by atoms with Crippen molar-refractivity contribution in [3.63, 3.8) is 0 Å². The SMILES string of the molecule is COc1ccc2c(c1)OCCC=CCNCCN(C[C@@H](O)[C@@H](CC(=O)O[C@H]1CO[C@H]3OCC[C@H]31)Cc1ccccc1)S2(=O)=O. The van der Waals surface area contributed by atoms with Gasteiger partial charge in [-0.05, 0) is 37.0 Å². The molecule has 44 heavy (non-hydrogen) atoms. The molecule has 0 unspecified atom stereocenters. The second-order valence-electron chi connectivity index (χ2n) is 11.3. The summed E-state index contributed by atoms with van der Waals surface area (Å²) in [5.41, 5.74) is 0.921. The van der Waals surface area contributed by atoms with E-state index >= 15 is 0 Å². The number of sulfonamides is 1. The number of aliphatic hydroxyl groups is 1. The van der Waals surface area contributed by atoms with Gasteiger partial charge in [-0.15, -0.1) is 0 Å². The molecular weight excluding hydrogens is 588 g/mol. The lowest BCUT2D eigenvalue weighted by Gasteiger charge is -2.30. The first-order chi connectivity index (χ1) is 21.3. The predicted octanol–water partition coefficient (Wildman–Crippen LogP) is 2.53. The molecule has 12 heteroatoms. The molecule has 3 heterocycles. The molecule has 2 N–H and O–H groups in total. The van der Waals surface area contributed by atoms with Gasteiger partial charge in [0.25, 0.3) is 0 Å². The maximum Gasteiger partial charge on any atom is 0.306 e. The number of esters is 1. The summed E-state index contributed by atoms with van der Waals surface area (Å²) < 4.78 is 57.7. The number of methoxy groups -OCH3 is 1. The first-order valence-electron chi connectivity index (χ1n) is 15.2. The van der Waals surface area contributed by atoms with Crippen LogP contribution in [0.2, 0.25) is 0 Å². The van der Waals surface area contributed by atoms with Crippen molar-refractivity contribution >= 4 is 16.0 Å². The molecule has 0 spiro atoms. The minimum Gasteiger partial charge on any atom is -0.497 e. The van der Waals surface area contributed by atoms with Crippen molar-refractivity contribution in [3.8, 4) is 11.5 Å². The number of carbonyl (C=O) groups excluding carboxylic acids is 1. The van der Waals surface area contributed by atoms with Gasteiger partial charge in [0.15, 0.2) is 6.29 Å². The minimum absolute atomic E-state index is 0.00335. The maximum absolute atomic E-state index is 14.1. The summed E-state index contributed by atoms with van der Waals surface area (Å²) in [7, 11) is -2.62. The number of nitrogens with one attached hydrogen (secondary N) is 1. The van der Waals surface area contributed by atoms with E-state index in [4.69, 9.17) is 23.7 Å². The van der Waals surface area contributed by atoms with E-state index < -0.39 is 34.1 Å². The van der Waals surface area contributed by atoms with Crippen LogP contribution in [0.3, 0.4) is 0 Å². The number of hydrogen-bond donors (Lipinski definition) is 2. The van der Waals surface area contributed by atoms with Crippen LogP contribution in [0.1, 0.15) is 24.8 Å². The van der Waals surface area contributed by atoms with Crippen LogP contribution in [-0.2, 0) is 35.4 Å². The summed E-state index contributed by atoms with van der Waals surface area (Å²) in [4.78, 5) is 13.2. The topological polar surface area (TPSA) is 133 Å². The van der Waals surface area contributed by atoms with Crippen molar-refractivity contribution in [2.24, 2.45) is 11.8 Å². The fraction of sp³-hybridized carbons (Fsp3) is 0.531. The average Bonchev–Trinajstić information content (AvgIpc) is 3.64. The number of ether oxygens (including phenoxy) is 5. The van der Waals surface area contributed by atoms with E-state index in [0.29, 0.717) is 38.3 Å². The Labute approximate surface area is 259 Å². The van der Waals surface area contributed by atoms with Crippen LogP contribution in [0.25, 0.3) is 0 Å². The monoisotopic (exact) mass is 630 g/mol. The first-order valence-corrected chi connectivity index (χ1v) is 16.6. The summed E-state index contributed by atoms with van der Waals surface area (Å²) in [6.07, 6.45) is 3.67. The van der Waals surface area contributed by atoms with Crippen LogP contribution in [0.5, 0.6) is 11.5 Å². The molecule has 0 radical (unpaired) electrons. The van der Waals surface area contributed by atoms with Gasteiger partial charge in [0.2, 0.25) is 10.0 Å². The molecule has 2 saturated heterocycles.